The van der Waals surface area contributed by atoms with Gasteiger partial charge in [-0.2, -0.15) is 0 Å². The Balaban J connectivity index is 1.49. The van der Waals surface area contributed by atoms with E-state index in [1.54, 1.807) is 47.8 Å². The molecule has 0 aliphatic carbocycles. The minimum atomic E-state index is -0.436. The summed E-state index contributed by atoms with van der Waals surface area (Å²) < 4.78 is 23.3. The first-order valence-corrected chi connectivity index (χ1v) is 10.3. The van der Waals surface area contributed by atoms with Crippen LogP contribution in [0.4, 0.5) is 10.1 Å². The van der Waals surface area contributed by atoms with Crippen molar-refractivity contribution in [3.63, 3.8) is 0 Å². The van der Waals surface area contributed by atoms with Crippen molar-refractivity contribution < 1.29 is 13.9 Å². The predicted molar refractivity (Wildman–Crippen MR) is 120 cm³/mol. The van der Waals surface area contributed by atoms with Gasteiger partial charge in [0.1, 0.15) is 11.6 Å². The van der Waals surface area contributed by atoms with Gasteiger partial charge in [-0.05, 0) is 56.5 Å². The van der Waals surface area contributed by atoms with E-state index in [0.29, 0.717) is 29.5 Å². The predicted octanol–water partition coefficient (Wildman–Crippen LogP) is 3.80. The van der Waals surface area contributed by atoms with Gasteiger partial charge >= 0.3 is 0 Å². The average molecular weight is 436 g/mol. The number of halogens is 1. The van der Waals surface area contributed by atoms with Crippen LogP contribution in [0, 0.1) is 26.6 Å². The van der Waals surface area contributed by atoms with Crippen molar-refractivity contribution in [3.05, 3.63) is 59.1 Å². The van der Waals surface area contributed by atoms with Crippen LogP contribution < -0.4 is 10.1 Å². The lowest BCUT2D eigenvalue weighted by Crippen LogP contribution is -2.14. The van der Waals surface area contributed by atoms with Crippen molar-refractivity contribution >= 4 is 22.6 Å². The summed E-state index contributed by atoms with van der Waals surface area (Å²) >= 11 is 0. The number of pyridine rings is 1. The smallest absolute Gasteiger partial charge is 0.242 e. The maximum atomic E-state index is 14.6. The van der Waals surface area contributed by atoms with Crippen molar-refractivity contribution in [2.24, 2.45) is 7.05 Å². The summed E-state index contributed by atoms with van der Waals surface area (Å²) in [5.74, 6) is 0.561. The number of fused-ring (bicyclic) bond motifs is 1. The van der Waals surface area contributed by atoms with Gasteiger partial charge in [0.2, 0.25) is 11.8 Å². The first-order valence-electron chi connectivity index (χ1n) is 10.3. The van der Waals surface area contributed by atoms with Crippen molar-refractivity contribution in [1.29, 1.82) is 0 Å². The van der Waals surface area contributed by atoms with E-state index in [2.05, 4.69) is 20.4 Å². The van der Waals surface area contributed by atoms with Gasteiger partial charge < -0.3 is 14.6 Å². The Hall–Kier alpha value is -3.75. The summed E-state index contributed by atoms with van der Waals surface area (Å²) in [6.45, 7) is 5.71. The molecule has 0 saturated carbocycles. The van der Waals surface area contributed by atoms with E-state index in [1.165, 1.54) is 6.07 Å². The Labute approximate surface area is 185 Å². The standard InChI is InChI=1S/C23H25FN6O2/c1-13-17(14(2)26-22-21(13)23(32-5)28-29(22)4)7-9-20(31)27-16-6-8-19(18(24)12-16)30-11-10-25-15(30)3/h6,8,10-12H,7,9H2,1-5H3,(H,27,31). The van der Waals surface area contributed by atoms with E-state index >= 15 is 0 Å². The number of benzene rings is 1. The van der Waals surface area contributed by atoms with E-state index in [1.807, 2.05) is 20.9 Å². The molecule has 0 atom stereocenters. The maximum absolute atomic E-state index is 14.6. The van der Waals surface area contributed by atoms with Gasteiger partial charge in [-0.25, -0.2) is 19.0 Å². The van der Waals surface area contributed by atoms with Crippen LogP contribution in [0.15, 0.2) is 30.6 Å². The van der Waals surface area contributed by atoms with Gasteiger partial charge in [0, 0.05) is 37.2 Å². The monoisotopic (exact) mass is 436 g/mol. The lowest BCUT2D eigenvalue weighted by atomic mass is 10.00. The number of imidazole rings is 1. The molecule has 9 heteroatoms. The molecule has 3 heterocycles. The number of hydrogen-bond donors (Lipinski definition) is 1. The fraction of sp³-hybridized carbons (Fsp3) is 0.304. The number of amides is 1. The van der Waals surface area contributed by atoms with Crippen LogP contribution in [-0.2, 0) is 18.3 Å². The molecule has 4 aromatic rings. The highest BCUT2D eigenvalue weighted by Crippen LogP contribution is 2.30. The number of anilines is 1. The molecule has 32 heavy (non-hydrogen) atoms. The van der Waals surface area contributed by atoms with Crippen LogP contribution in [-0.4, -0.2) is 37.3 Å². The lowest BCUT2D eigenvalue weighted by molar-refractivity contribution is -0.116. The molecule has 0 radical (unpaired) electrons. The van der Waals surface area contributed by atoms with E-state index in [-0.39, 0.29) is 12.3 Å². The quantitative estimate of drug-likeness (QED) is 0.497. The molecule has 0 aliphatic rings. The second-order valence-corrected chi connectivity index (χ2v) is 7.69. The van der Waals surface area contributed by atoms with Gasteiger partial charge in [-0.1, -0.05) is 0 Å². The van der Waals surface area contributed by atoms with E-state index < -0.39 is 5.82 Å². The molecule has 0 fully saturated rings. The van der Waals surface area contributed by atoms with Crippen LogP contribution in [0.3, 0.4) is 0 Å². The molecule has 166 valence electrons. The van der Waals surface area contributed by atoms with Crippen LogP contribution in [0.2, 0.25) is 0 Å². The van der Waals surface area contributed by atoms with Crippen LogP contribution >= 0.6 is 0 Å². The van der Waals surface area contributed by atoms with Crippen LogP contribution in [0.25, 0.3) is 16.7 Å². The highest BCUT2D eigenvalue weighted by atomic mass is 19.1. The molecule has 8 nitrogen and oxygen atoms in total. The van der Waals surface area contributed by atoms with Crippen molar-refractivity contribution in [3.8, 4) is 11.6 Å². The molecule has 3 aromatic heterocycles. The fourth-order valence-corrected chi connectivity index (χ4v) is 3.98. The molecule has 0 unspecified atom stereocenters. The summed E-state index contributed by atoms with van der Waals surface area (Å²) in [5.41, 5.74) is 4.36. The zero-order valence-corrected chi connectivity index (χ0v) is 18.7. The summed E-state index contributed by atoms with van der Waals surface area (Å²) in [5, 5.41) is 7.98. The molecule has 0 aliphatic heterocycles. The number of hydrogen-bond acceptors (Lipinski definition) is 5. The summed E-state index contributed by atoms with van der Waals surface area (Å²) in [7, 11) is 3.40. The van der Waals surface area contributed by atoms with Crippen molar-refractivity contribution in [2.75, 3.05) is 12.4 Å². The Morgan fingerprint density at radius 2 is 2.03 bits per heavy atom. The SMILES string of the molecule is COc1nn(C)c2nc(C)c(CCC(=O)Nc3ccc(-n4ccnc4C)c(F)c3)c(C)c12. The highest BCUT2D eigenvalue weighted by molar-refractivity contribution is 5.91. The number of carbonyl (C=O) groups excluding carboxylic acids is 1. The normalized spacial score (nSPS) is 11.2. The van der Waals surface area contributed by atoms with E-state index in [4.69, 9.17) is 4.74 Å². The number of nitrogens with zero attached hydrogens (tertiary/aromatic N) is 5. The topological polar surface area (TPSA) is 86.9 Å². The molecular weight excluding hydrogens is 411 g/mol. The third-order valence-corrected chi connectivity index (χ3v) is 5.63. The Morgan fingerprint density at radius 3 is 2.69 bits per heavy atom. The van der Waals surface area contributed by atoms with Gasteiger partial charge in [0.25, 0.3) is 0 Å². The average Bonchev–Trinajstić information content (AvgIpc) is 3.31. The van der Waals surface area contributed by atoms with Gasteiger partial charge in [0.15, 0.2) is 5.65 Å². The number of methoxy groups -OCH3 is 1. The van der Waals surface area contributed by atoms with Gasteiger partial charge in [0.05, 0.1) is 18.2 Å². The first kappa shape index (κ1) is 21.5. The zero-order valence-electron chi connectivity index (χ0n) is 18.7. The molecule has 0 saturated heterocycles. The third-order valence-electron chi connectivity index (χ3n) is 5.63. The van der Waals surface area contributed by atoms with Crippen molar-refractivity contribution in [1.82, 2.24) is 24.3 Å². The molecule has 0 spiro atoms. The molecule has 4 rings (SSSR count). The number of nitrogens with one attached hydrogen (secondary N) is 1. The summed E-state index contributed by atoms with van der Waals surface area (Å²) in [6, 6.07) is 4.62. The molecule has 1 N–H and O–H groups in total. The molecule has 0 bridgehead atoms. The Morgan fingerprint density at radius 1 is 1.25 bits per heavy atom. The van der Waals surface area contributed by atoms with Gasteiger partial charge in [-0.15, -0.1) is 5.10 Å². The second kappa shape index (κ2) is 8.41. The molecular formula is C23H25FN6O2. The highest BCUT2D eigenvalue weighted by Gasteiger charge is 2.18. The number of aromatic nitrogens is 5. The number of carbonyl (C=O) groups is 1. The van der Waals surface area contributed by atoms with E-state index in [0.717, 1.165) is 27.9 Å². The van der Waals surface area contributed by atoms with Gasteiger partial charge in [-0.3, -0.25) is 4.79 Å². The third kappa shape index (κ3) is 3.81. The maximum Gasteiger partial charge on any atom is 0.242 e. The molecule has 1 amide bonds. The Kier molecular flexibility index (Phi) is 5.65. The fourth-order valence-electron chi connectivity index (χ4n) is 3.98. The minimum Gasteiger partial charge on any atom is -0.479 e. The number of aryl methyl sites for hydroxylation is 4. The molecule has 1 aromatic carbocycles. The second-order valence-electron chi connectivity index (χ2n) is 7.69. The summed E-state index contributed by atoms with van der Waals surface area (Å²) in [6.07, 6.45) is 4.04. The van der Waals surface area contributed by atoms with Crippen LogP contribution in [0.1, 0.15) is 29.1 Å². The van der Waals surface area contributed by atoms with E-state index in [9.17, 15) is 9.18 Å². The minimum absolute atomic E-state index is 0.201. The van der Waals surface area contributed by atoms with Crippen LogP contribution in [0.5, 0.6) is 5.88 Å². The van der Waals surface area contributed by atoms with Crippen molar-refractivity contribution in [2.45, 2.75) is 33.6 Å². The summed E-state index contributed by atoms with van der Waals surface area (Å²) in [4.78, 5) is 21.3. The first-order chi connectivity index (χ1) is 15.3. The number of ether oxygens (including phenoxy) is 1. The zero-order chi connectivity index (χ0) is 23.0. The number of rotatable bonds is 6. The Bertz CT molecular complexity index is 1320. The lowest BCUT2D eigenvalue weighted by Gasteiger charge is -2.12. The largest absolute Gasteiger partial charge is 0.479 e.